The lowest BCUT2D eigenvalue weighted by atomic mass is 10.5. The van der Waals surface area contributed by atoms with Gasteiger partial charge in [0.25, 0.3) is 5.91 Å². The van der Waals surface area contributed by atoms with Gasteiger partial charge in [0.2, 0.25) is 0 Å². The molecule has 7 heteroatoms. The summed E-state index contributed by atoms with van der Waals surface area (Å²) < 4.78 is 0. The number of carbonyl (C=O) groups is 4. The number of hydrazine groups is 1. The van der Waals surface area contributed by atoms with Crippen LogP contribution in [-0.2, 0) is 19.2 Å². The number of hydrogen-bond acceptors (Lipinski definition) is 5. The first-order chi connectivity index (χ1) is 7.08. The van der Waals surface area contributed by atoms with Crippen molar-refractivity contribution in [2.45, 2.75) is 0 Å². The van der Waals surface area contributed by atoms with Gasteiger partial charge >= 0.3 is 5.97 Å². The summed E-state index contributed by atoms with van der Waals surface area (Å²) in [6.45, 7) is 0. The molecule has 0 rings (SSSR count). The maximum absolute atomic E-state index is 10.1. The van der Waals surface area contributed by atoms with Crippen LogP contribution in [0.3, 0.4) is 0 Å². The third kappa shape index (κ3) is 18.6. The molecule has 1 amide bonds. The maximum Gasteiger partial charge on any atom is 0.328 e. The molecule has 0 aromatic carbocycles. The minimum absolute atomic E-state index is 0.550. The first-order valence-corrected chi connectivity index (χ1v) is 3.55. The van der Waals surface area contributed by atoms with E-state index in [1.54, 1.807) is 5.43 Å². The second-order valence-electron chi connectivity index (χ2n) is 1.84. The number of nitrogens with two attached hydrogens (primary N) is 1. The summed E-state index contributed by atoms with van der Waals surface area (Å²) in [6, 6.07) is 0. The second-order valence-corrected chi connectivity index (χ2v) is 1.84. The van der Waals surface area contributed by atoms with E-state index in [1.165, 1.54) is 0 Å². The Morgan fingerprint density at radius 1 is 1.07 bits per heavy atom. The standard InChI is InChI=1S/C4H6N2O3.C4H4O2/c5-6-3(7)1-2-4(8)9;5-3-1-2-4-6/h1-2H,5H2,(H,6,7)(H,8,9);1-4H/b2*2-1-. The zero-order chi connectivity index (χ0) is 12.1. The van der Waals surface area contributed by atoms with Gasteiger partial charge in [-0.25, -0.2) is 10.6 Å². The third-order valence-electron chi connectivity index (χ3n) is 0.788. The lowest BCUT2D eigenvalue weighted by molar-refractivity contribution is -0.131. The number of carbonyl (C=O) groups excluding carboxylic acids is 3. The van der Waals surface area contributed by atoms with E-state index in [-0.39, 0.29) is 0 Å². The number of allylic oxidation sites excluding steroid dienone is 2. The molecule has 0 fully saturated rings. The number of carboxylic acids is 1. The van der Waals surface area contributed by atoms with Gasteiger partial charge in [-0.3, -0.25) is 19.8 Å². The molecule has 0 aromatic rings. The van der Waals surface area contributed by atoms with Gasteiger partial charge in [0.1, 0.15) is 12.6 Å². The van der Waals surface area contributed by atoms with Crippen LogP contribution < -0.4 is 11.3 Å². The molecule has 0 saturated carbocycles. The molecule has 0 aliphatic rings. The monoisotopic (exact) mass is 214 g/mol. The normalized spacial score (nSPS) is 9.13. The van der Waals surface area contributed by atoms with Crippen molar-refractivity contribution < 1.29 is 24.3 Å². The van der Waals surface area contributed by atoms with E-state index in [1.807, 2.05) is 0 Å². The van der Waals surface area contributed by atoms with E-state index < -0.39 is 11.9 Å². The summed E-state index contributed by atoms with van der Waals surface area (Å²) in [7, 11) is 0. The Balaban J connectivity index is 0. The van der Waals surface area contributed by atoms with Gasteiger partial charge in [0, 0.05) is 12.2 Å². The van der Waals surface area contributed by atoms with Crippen molar-refractivity contribution in [2.75, 3.05) is 0 Å². The number of amides is 1. The largest absolute Gasteiger partial charge is 0.478 e. The first kappa shape index (κ1) is 15.2. The Labute approximate surface area is 85.2 Å². The Hall–Kier alpha value is -2.28. The topological polar surface area (TPSA) is 127 Å². The summed E-state index contributed by atoms with van der Waals surface area (Å²) in [5.74, 6) is 2.79. The maximum atomic E-state index is 10.1. The summed E-state index contributed by atoms with van der Waals surface area (Å²) >= 11 is 0. The van der Waals surface area contributed by atoms with Crippen LogP contribution in [0, 0.1) is 0 Å². The highest BCUT2D eigenvalue weighted by Gasteiger charge is 1.90. The highest BCUT2D eigenvalue weighted by Crippen LogP contribution is 1.70. The quantitative estimate of drug-likeness (QED) is 0.173. The van der Waals surface area contributed by atoms with E-state index in [2.05, 4.69) is 5.84 Å². The van der Waals surface area contributed by atoms with Gasteiger partial charge < -0.3 is 5.11 Å². The molecule has 4 N–H and O–H groups in total. The van der Waals surface area contributed by atoms with E-state index >= 15 is 0 Å². The van der Waals surface area contributed by atoms with Gasteiger partial charge in [0.15, 0.2) is 0 Å². The molecule has 0 spiro atoms. The molecule has 0 atom stereocenters. The number of rotatable bonds is 4. The molecule has 0 radical (unpaired) electrons. The molecule has 0 unspecified atom stereocenters. The van der Waals surface area contributed by atoms with Gasteiger partial charge in [-0.05, 0) is 12.2 Å². The third-order valence-corrected chi connectivity index (χ3v) is 0.788. The van der Waals surface area contributed by atoms with Crippen molar-refractivity contribution >= 4 is 24.4 Å². The molecule has 0 aliphatic carbocycles. The number of aldehydes is 2. The molecule has 15 heavy (non-hydrogen) atoms. The molecule has 0 heterocycles. The summed E-state index contributed by atoms with van der Waals surface area (Å²) in [5.41, 5.74) is 1.73. The molecule has 0 aliphatic heterocycles. The van der Waals surface area contributed by atoms with Crippen LogP contribution >= 0.6 is 0 Å². The van der Waals surface area contributed by atoms with Crippen molar-refractivity contribution in [3.8, 4) is 0 Å². The fourth-order valence-electron chi connectivity index (χ4n) is 0.286. The summed E-state index contributed by atoms with van der Waals surface area (Å²) in [5, 5.41) is 7.95. The summed E-state index contributed by atoms with van der Waals surface area (Å²) in [6.07, 6.45) is 4.88. The van der Waals surface area contributed by atoms with Crippen LogP contribution in [0.2, 0.25) is 0 Å². The fraction of sp³-hybridized carbons (Fsp3) is 0. The minimum Gasteiger partial charge on any atom is -0.478 e. The zero-order valence-corrected chi connectivity index (χ0v) is 7.62. The number of hydrogen-bond donors (Lipinski definition) is 3. The molecule has 0 aromatic heterocycles. The lowest BCUT2D eigenvalue weighted by Gasteiger charge is -1.85. The van der Waals surface area contributed by atoms with Crippen LogP contribution in [0.1, 0.15) is 0 Å². The van der Waals surface area contributed by atoms with Crippen LogP contribution in [-0.4, -0.2) is 29.6 Å². The average Bonchev–Trinajstić information content (AvgIpc) is 2.23. The van der Waals surface area contributed by atoms with Crippen molar-refractivity contribution in [1.29, 1.82) is 0 Å². The van der Waals surface area contributed by atoms with Crippen LogP contribution in [0.25, 0.3) is 0 Å². The number of aliphatic carboxylic acids is 1. The van der Waals surface area contributed by atoms with Gasteiger partial charge in [-0.1, -0.05) is 0 Å². The van der Waals surface area contributed by atoms with Gasteiger partial charge in [0.05, 0.1) is 0 Å². The van der Waals surface area contributed by atoms with Crippen molar-refractivity contribution in [1.82, 2.24) is 5.43 Å². The molecule has 7 nitrogen and oxygen atoms in total. The minimum atomic E-state index is -1.18. The Morgan fingerprint density at radius 2 is 1.53 bits per heavy atom. The zero-order valence-electron chi connectivity index (χ0n) is 7.62. The Kier molecular flexibility index (Phi) is 11.9. The van der Waals surface area contributed by atoms with E-state index in [0.29, 0.717) is 18.6 Å². The Bertz CT molecular complexity index is 273. The van der Waals surface area contributed by atoms with Crippen LogP contribution in [0.4, 0.5) is 0 Å². The highest BCUT2D eigenvalue weighted by molar-refractivity contribution is 5.93. The predicted molar refractivity (Wildman–Crippen MR) is 50.4 cm³/mol. The molecular weight excluding hydrogens is 204 g/mol. The van der Waals surface area contributed by atoms with Gasteiger partial charge in [-0.2, -0.15) is 0 Å². The first-order valence-electron chi connectivity index (χ1n) is 3.55. The SMILES string of the molecule is NNC(=O)/C=C\C(=O)O.O=C/C=C\C=O. The van der Waals surface area contributed by atoms with Crippen molar-refractivity contribution in [3.63, 3.8) is 0 Å². The predicted octanol–water partition coefficient (Wildman–Crippen LogP) is -1.44. The van der Waals surface area contributed by atoms with Crippen LogP contribution in [0.5, 0.6) is 0 Å². The lowest BCUT2D eigenvalue weighted by Crippen LogP contribution is -2.28. The van der Waals surface area contributed by atoms with E-state index in [0.717, 1.165) is 18.2 Å². The number of nitrogens with one attached hydrogen (secondary N) is 1. The van der Waals surface area contributed by atoms with E-state index in [9.17, 15) is 19.2 Å². The fourth-order valence-corrected chi connectivity index (χ4v) is 0.286. The number of carboxylic acid groups (broad SMARTS) is 1. The molecule has 0 bridgehead atoms. The van der Waals surface area contributed by atoms with Crippen molar-refractivity contribution in [3.05, 3.63) is 24.3 Å². The Morgan fingerprint density at radius 3 is 1.80 bits per heavy atom. The highest BCUT2D eigenvalue weighted by atomic mass is 16.4. The van der Waals surface area contributed by atoms with Crippen molar-refractivity contribution in [2.24, 2.45) is 5.84 Å². The second kappa shape index (κ2) is 11.7. The molecular formula is C8H10N2O5. The summed E-state index contributed by atoms with van der Waals surface area (Å²) in [4.78, 5) is 38.5. The van der Waals surface area contributed by atoms with Gasteiger partial charge in [-0.15, -0.1) is 0 Å². The molecule has 0 saturated heterocycles. The molecule has 82 valence electrons. The van der Waals surface area contributed by atoms with Crippen LogP contribution in [0.15, 0.2) is 24.3 Å². The average molecular weight is 214 g/mol. The smallest absolute Gasteiger partial charge is 0.328 e. The van der Waals surface area contributed by atoms with E-state index in [4.69, 9.17) is 5.11 Å².